The summed E-state index contributed by atoms with van der Waals surface area (Å²) >= 11 is 0. The lowest BCUT2D eigenvalue weighted by Gasteiger charge is -2.32. The van der Waals surface area contributed by atoms with Crippen molar-refractivity contribution >= 4 is 0 Å². The third-order valence-corrected chi connectivity index (χ3v) is 4.52. The van der Waals surface area contributed by atoms with E-state index in [1.807, 2.05) is 13.0 Å². The molecule has 3 heterocycles. The highest BCUT2D eigenvalue weighted by molar-refractivity contribution is 5.03. The normalized spacial score (nSPS) is 22.6. The van der Waals surface area contributed by atoms with E-state index in [9.17, 15) is 0 Å². The molecule has 1 saturated carbocycles. The number of nitrogens with zero attached hydrogens (tertiary/aromatic N) is 4. The lowest BCUT2D eigenvalue weighted by Crippen LogP contribution is -2.45. The van der Waals surface area contributed by atoms with E-state index in [4.69, 9.17) is 9.05 Å². The number of aromatic nitrogens is 3. The van der Waals surface area contributed by atoms with Gasteiger partial charge in [-0.3, -0.25) is 4.90 Å². The van der Waals surface area contributed by atoms with Crippen molar-refractivity contribution in [3.8, 4) is 0 Å². The smallest absolute Gasteiger partial charge is 0.229 e. The van der Waals surface area contributed by atoms with Gasteiger partial charge in [0, 0.05) is 24.6 Å². The second kappa shape index (κ2) is 6.41. The molecule has 1 N–H and O–H groups in total. The summed E-state index contributed by atoms with van der Waals surface area (Å²) in [4.78, 5) is 6.92. The SMILES string of the molecule is Cc1cc(CN[C@@H]2CCCN(Cc3noc(C4CC4)n3)C2)on1. The van der Waals surface area contributed by atoms with Crippen LogP contribution in [0.4, 0.5) is 0 Å². The van der Waals surface area contributed by atoms with Crippen molar-refractivity contribution in [2.75, 3.05) is 13.1 Å². The van der Waals surface area contributed by atoms with Crippen LogP contribution >= 0.6 is 0 Å². The molecule has 1 aliphatic carbocycles. The number of hydrogen-bond acceptors (Lipinski definition) is 7. The number of aryl methyl sites for hydroxylation is 1. The molecule has 2 fully saturated rings. The maximum atomic E-state index is 5.34. The van der Waals surface area contributed by atoms with Crippen LogP contribution in [-0.2, 0) is 13.1 Å². The highest BCUT2D eigenvalue weighted by atomic mass is 16.5. The molecule has 0 spiro atoms. The average Bonchev–Trinajstić information content (AvgIpc) is 3.16. The molecule has 0 aromatic carbocycles. The lowest BCUT2D eigenvalue weighted by atomic mass is 10.1. The van der Waals surface area contributed by atoms with Gasteiger partial charge in [-0.15, -0.1) is 0 Å². The number of likely N-dealkylation sites (tertiary alicyclic amines) is 1. The van der Waals surface area contributed by atoms with E-state index in [-0.39, 0.29) is 0 Å². The molecule has 7 nitrogen and oxygen atoms in total. The number of nitrogens with one attached hydrogen (secondary N) is 1. The lowest BCUT2D eigenvalue weighted by molar-refractivity contribution is 0.175. The van der Waals surface area contributed by atoms with Crippen LogP contribution in [0, 0.1) is 6.92 Å². The van der Waals surface area contributed by atoms with Crippen LogP contribution in [0.3, 0.4) is 0 Å². The minimum Gasteiger partial charge on any atom is -0.360 e. The zero-order valence-corrected chi connectivity index (χ0v) is 13.5. The largest absolute Gasteiger partial charge is 0.360 e. The summed E-state index contributed by atoms with van der Waals surface area (Å²) in [6, 6.07) is 2.44. The molecule has 0 unspecified atom stereocenters. The van der Waals surface area contributed by atoms with Gasteiger partial charge in [-0.25, -0.2) is 0 Å². The fourth-order valence-corrected chi connectivity index (χ4v) is 3.14. The van der Waals surface area contributed by atoms with Gasteiger partial charge in [-0.05, 0) is 39.2 Å². The van der Waals surface area contributed by atoms with Gasteiger partial charge in [-0.2, -0.15) is 4.98 Å². The third kappa shape index (κ3) is 3.79. The predicted molar refractivity (Wildman–Crippen MR) is 82.7 cm³/mol. The maximum absolute atomic E-state index is 5.34. The van der Waals surface area contributed by atoms with E-state index >= 15 is 0 Å². The van der Waals surface area contributed by atoms with Crippen LogP contribution in [0.1, 0.15) is 54.8 Å². The Morgan fingerprint density at radius 1 is 1.26 bits per heavy atom. The molecule has 0 radical (unpaired) electrons. The highest BCUT2D eigenvalue weighted by Crippen LogP contribution is 2.38. The summed E-state index contributed by atoms with van der Waals surface area (Å²) in [5.74, 6) is 3.06. The first kappa shape index (κ1) is 14.8. The van der Waals surface area contributed by atoms with Gasteiger partial charge < -0.3 is 14.4 Å². The first-order valence-corrected chi connectivity index (χ1v) is 8.46. The monoisotopic (exact) mass is 317 g/mol. The number of rotatable bonds is 6. The first-order chi connectivity index (χ1) is 11.3. The van der Waals surface area contributed by atoms with Gasteiger partial charge in [0.05, 0.1) is 18.8 Å². The Morgan fingerprint density at radius 2 is 2.17 bits per heavy atom. The van der Waals surface area contributed by atoms with Crippen LogP contribution in [0.25, 0.3) is 0 Å². The number of hydrogen-bond donors (Lipinski definition) is 1. The third-order valence-electron chi connectivity index (χ3n) is 4.52. The summed E-state index contributed by atoms with van der Waals surface area (Å²) in [5.41, 5.74) is 0.927. The number of piperidine rings is 1. The molecule has 4 rings (SSSR count). The van der Waals surface area contributed by atoms with Gasteiger partial charge in [0.25, 0.3) is 0 Å². The molecule has 2 aliphatic rings. The second-order valence-electron chi connectivity index (χ2n) is 6.71. The molecule has 1 aliphatic heterocycles. The van der Waals surface area contributed by atoms with Crippen LogP contribution in [0.15, 0.2) is 15.1 Å². The van der Waals surface area contributed by atoms with Crippen LogP contribution in [-0.4, -0.2) is 39.3 Å². The zero-order chi connectivity index (χ0) is 15.6. The molecular weight excluding hydrogens is 294 g/mol. The Balaban J connectivity index is 1.27. The molecule has 23 heavy (non-hydrogen) atoms. The van der Waals surface area contributed by atoms with E-state index in [0.717, 1.165) is 49.3 Å². The van der Waals surface area contributed by atoms with E-state index in [0.29, 0.717) is 12.0 Å². The van der Waals surface area contributed by atoms with Gasteiger partial charge in [0.1, 0.15) is 0 Å². The fraction of sp³-hybridized carbons (Fsp3) is 0.688. The van der Waals surface area contributed by atoms with Gasteiger partial charge in [0.15, 0.2) is 11.6 Å². The molecule has 1 atom stereocenters. The average molecular weight is 317 g/mol. The summed E-state index contributed by atoms with van der Waals surface area (Å²) in [6.07, 6.45) is 4.75. The van der Waals surface area contributed by atoms with Gasteiger partial charge >= 0.3 is 0 Å². The first-order valence-electron chi connectivity index (χ1n) is 8.46. The molecule has 124 valence electrons. The fourth-order valence-electron chi connectivity index (χ4n) is 3.14. The maximum Gasteiger partial charge on any atom is 0.229 e. The Hall–Kier alpha value is -1.73. The Labute approximate surface area is 135 Å². The Morgan fingerprint density at radius 3 is 2.96 bits per heavy atom. The molecule has 2 aromatic heterocycles. The molecule has 0 bridgehead atoms. The summed E-state index contributed by atoms with van der Waals surface area (Å²) in [6.45, 7) is 5.53. The minimum absolute atomic E-state index is 0.462. The molecular formula is C16H23N5O2. The van der Waals surface area contributed by atoms with Crippen molar-refractivity contribution in [2.45, 2.75) is 57.7 Å². The highest BCUT2D eigenvalue weighted by Gasteiger charge is 2.30. The summed E-state index contributed by atoms with van der Waals surface area (Å²) < 4.78 is 10.6. The van der Waals surface area contributed by atoms with Crippen molar-refractivity contribution < 1.29 is 9.05 Å². The minimum atomic E-state index is 0.462. The Kier molecular flexibility index (Phi) is 4.13. The van der Waals surface area contributed by atoms with Crippen LogP contribution in [0.2, 0.25) is 0 Å². The van der Waals surface area contributed by atoms with E-state index in [1.54, 1.807) is 0 Å². The quantitative estimate of drug-likeness (QED) is 0.872. The van der Waals surface area contributed by atoms with Gasteiger partial charge in [-0.1, -0.05) is 10.3 Å². The van der Waals surface area contributed by atoms with Crippen molar-refractivity contribution in [1.82, 2.24) is 25.5 Å². The topological polar surface area (TPSA) is 80.2 Å². The van der Waals surface area contributed by atoms with Gasteiger partial charge in [0.2, 0.25) is 5.89 Å². The van der Waals surface area contributed by atoms with Crippen molar-refractivity contribution in [1.29, 1.82) is 0 Å². The van der Waals surface area contributed by atoms with Crippen LogP contribution < -0.4 is 5.32 Å². The standard InChI is InChI=1S/C16H23N5O2/c1-11-7-14(22-19-11)8-17-13-3-2-6-21(9-13)10-15-18-16(23-20-15)12-4-5-12/h7,12-13,17H,2-6,8-10H2,1H3/t13-/m1/s1. The van der Waals surface area contributed by atoms with E-state index in [2.05, 4.69) is 25.5 Å². The van der Waals surface area contributed by atoms with Crippen molar-refractivity contribution in [3.63, 3.8) is 0 Å². The molecule has 0 amide bonds. The zero-order valence-electron chi connectivity index (χ0n) is 13.5. The molecule has 7 heteroatoms. The summed E-state index contributed by atoms with van der Waals surface area (Å²) in [7, 11) is 0. The van der Waals surface area contributed by atoms with E-state index < -0.39 is 0 Å². The molecule has 2 aromatic rings. The van der Waals surface area contributed by atoms with E-state index in [1.165, 1.54) is 25.7 Å². The Bertz CT molecular complexity index is 648. The summed E-state index contributed by atoms with van der Waals surface area (Å²) in [5, 5.41) is 11.6. The van der Waals surface area contributed by atoms with Crippen molar-refractivity contribution in [2.24, 2.45) is 0 Å². The molecule has 1 saturated heterocycles. The van der Waals surface area contributed by atoms with Crippen molar-refractivity contribution in [3.05, 3.63) is 29.2 Å². The second-order valence-corrected chi connectivity index (χ2v) is 6.71. The van der Waals surface area contributed by atoms with Crippen LogP contribution in [0.5, 0.6) is 0 Å². The predicted octanol–water partition coefficient (Wildman–Crippen LogP) is 2.00.